The predicted molar refractivity (Wildman–Crippen MR) is 175 cm³/mol. The van der Waals surface area contributed by atoms with Crippen molar-refractivity contribution in [2.24, 2.45) is 5.10 Å². The monoisotopic (exact) mass is 578 g/mol. The van der Waals surface area contributed by atoms with Crippen LogP contribution < -0.4 is 5.01 Å². The van der Waals surface area contributed by atoms with Gasteiger partial charge in [0.05, 0.1) is 17.4 Å². The van der Waals surface area contributed by atoms with Gasteiger partial charge in [0.15, 0.2) is 0 Å². The van der Waals surface area contributed by atoms with Crippen LogP contribution in [-0.2, 0) is 0 Å². The SMILES string of the molecule is Clc1ccc(C2=NN(c3ccc(/C=C/c4ccc(-c5nnc(-c6ccccc6)o5)cc4)cc3)[C@@H](c3ccccc3)C2)cc1. The van der Waals surface area contributed by atoms with Gasteiger partial charge in [0.2, 0.25) is 11.8 Å². The van der Waals surface area contributed by atoms with Gasteiger partial charge < -0.3 is 4.42 Å². The molecule has 43 heavy (non-hydrogen) atoms. The van der Waals surface area contributed by atoms with Gasteiger partial charge in [-0.05, 0) is 70.8 Å². The molecule has 6 aromatic rings. The second-order valence-corrected chi connectivity index (χ2v) is 10.8. The van der Waals surface area contributed by atoms with Crippen molar-refractivity contribution in [3.05, 3.63) is 161 Å². The Balaban J connectivity index is 1.07. The number of benzene rings is 5. The van der Waals surface area contributed by atoms with E-state index < -0.39 is 0 Å². The number of hydrazone groups is 1. The van der Waals surface area contributed by atoms with Crippen molar-refractivity contribution in [2.45, 2.75) is 12.5 Å². The van der Waals surface area contributed by atoms with Crippen LogP contribution in [0.2, 0.25) is 5.02 Å². The maximum absolute atomic E-state index is 6.14. The van der Waals surface area contributed by atoms with Gasteiger partial charge in [-0.25, -0.2) is 0 Å². The third kappa shape index (κ3) is 5.89. The van der Waals surface area contributed by atoms with Gasteiger partial charge in [0.25, 0.3) is 0 Å². The summed E-state index contributed by atoms with van der Waals surface area (Å²) in [5.74, 6) is 1.02. The molecule has 0 aliphatic carbocycles. The second kappa shape index (κ2) is 11.9. The quantitative estimate of drug-likeness (QED) is 0.177. The third-order valence-electron chi connectivity index (χ3n) is 7.50. The lowest BCUT2D eigenvalue weighted by Gasteiger charge is -2.24. The minimum atomic E-state index is 0.120. The smallest absolute Gasteiger partial charge is 0.248 e. The maximum Gasteiger partial charge on any atom is 0.248 e. The molecule has 0 N–H and O–H groups in total. The van der Waals surface area contributed by atoms with E-state index in [2.05, 4.69) is 75.9 Å². The second-order valence-electron chi connectivity index (χ2n) is 10.4. The van der Waals surface area contributed by atoms with E-state index in [9.17, 15) is 0 Å². The molecule has 1 aliphatic rings. The molecule has 0 saturated heterocycles. The fraction of sp³-hybridized carbons (Fsp3) is 0.0541. The Morgan fingerprint density at radius 2 is 1.14 bits per heavy atom. The zero-order valence-corrected chi connectivity index (χ0v) is 24.0. The average molecular weight is 579 g/mol. The Morgan fingerprint density at radius 3 is 1.77 bits per heavy atom. The Kier molecular flexibility index (Phi) is 7.38. The molecule has 0 fully saturated rings. The number of nitrogens with zero attached hydrogens (tertiary/aromatic N) is 4. The van der Waals surface area contributed by atoms with E-state index >= 15 is 0 Å². The first kappa shape index (κ1) is 26.6. The van der Waals surface area contributed by atoms with Gasteiger partial charge in [-0.3, -0.25) is 5.01 Å². The maximum atomic E-state index is 6.14. The molecule has 5 nitrogen and oxygen atoms in total. The summed E-state index contributed by atoms with van der Waals surface area (Å²) in [4.78, 5) is 0. The Morgan fingerprint density at radius 1 is 0.605 bits per heavy atom. The number of halogens is 1. The summed E-state index contributed by atoms with van der Waals surface area (Å²) in [6, 6.07) is 45.0. The Bertz CT molecular complexity index is 1880. The van der Waals surface area contributed by atoms with E-state index in [0.717, 1.165) is 50.7 Å². The highest BCUT2D eigenvalue weighted by molar-refractivity contribution is 6.30. The fourth-order valence-electron chi connectivity index (χ4n) is 5.20. The minimum absolute atomic E-state index is 0.120. The first-order valence-corrected chi connectivity index (χ1v) is 14.5. The summed E-state index contributed by atoms with van der Waals surface area (Å²) in [5, 5.41) is 16.3. The largest absolute Gasteiger partial charge is 0.416 e. The highest BCUT2D eigenvalue weighted by Gasteiger charge is 2.29. The summed E-state index contributed by atoms with van der Waals surface area (Å²) in [5.41, 5.74) is 8.40. The molecular weight excluding hydrogens is 552 g/mol. The molecule has 0 amide bonds. The zero-order valence-electron chi connectivity index (χ0n) is 23.2. The van der Waals surface area contributed by atoms with Crippen molar-refractivity contribution >= 4 is 35.2 Å². The minimum Gasteiger partial charge on any atom is -0.416 e. The molecule has 1 aromatic heterocycles. The molecular formula is C37H27ClN4O. The van der Waals surface area contributed by atoms with Crippen LogP contribution in [0.1, 0.15) is 34.7 Å². The molecule has 0 spiro atoms. The topological polar surface area (TPSA) is 54.5 Å². The molecule has 2 heterocycles. The Hall–Kier alpha value is -5.26. The van der Waals surface area contributed by atoms with Crippen LogP contribution in [0.15, 0.2) is 143 Å². The molecule has 5 aromatic carbocycles. The molecule has 0 saturated carbocycles. The van der Waals surface area contributed by atoms with Crippen LogP contribution in [0.5, 0.6) is 0 Å². The van der Waals surface area contributed by atoms with Crippen LogP contribution >= 0.6 is 11.6 Å². The van der Waals surface area contributed by atoms with Crippen LogP contribution in [0.25, 0.3) is 35.1 Å². The van der Waals surface area contributed by atoms with Crippen molar-refractivity contribution in [2.75, 3.05) is 5.01 Å². The standard InChI is InChI=1S/C37H27ClN4O/c38-32-21-19-28(20-22-32)34-25-35(29-7-3-1-4-8-29)42(41-34)33-23-15-27(16-24-33)12-11-26-13-17-31(18-14-26)37-40-39-36(43-37)30-9-5-2-6-10-30/h1-24,35H,25H2/b12-11+/t35-/m1/s1. The lowest BCUT2D eigenvalue weighted by atomic mass is 9.98. The third-order valence-corrected chi connectivity index (χ3v) is 7.75. The summed E-state index contributed by atoms with van der Waals surface area (Å²) < 4.78 is 5.89. The highest BCUT2D eigenvalue weighted by atomic mass is 35.5. The molecule has 0 radical (unpaired) electrons. The molecule has 208 valence electrons. The molecule has 0 unspecified atom stereocenters. The van der Waals surface area contributed by atoms with Gasteiger partial charge in [-0.1, -0.05) is 109 Å². The normalized spacial score (nSPS) is 14.8. The van der Waals surface area contributed by atoms with Gasteiger partial charge in [0.1, 0.15) is 0 Å². The molecule has 7 rings (SSSR count). The average Bonchev–Trinajstić information content (AvgIpc) is 3.75. The first-order valence-electron chi connectivity index (χ1n) is 14.1. The van der Waals surface area contributed by atoms with Crippen LogP contribution in [0.3, 0.4) is 0 Å². The van der Waals surface area contributed by atoms with Crippen molar-refractivity contribution < 1.29 is 4.42 Å². The first-order chi connectivity index (χ1) is 21.2. The summed E-state index contributed by atoms with van der Waals surface area (Å²) >= 11 is 6.14. The van der Waals surface area contributed by atoms with Crippen molar-refractivity contribution in [1.29, 1.82) is 0 Å². The number of hydrogen-bond acceptors (Lipinski definition) is 5. The molecule has 6 heteroatoms. The summed E-state index contributed by atoms with van der Waals surface area (Å²) in [6.45, 7) is 0. The lowest BCUT2D eigenvalue weighted by Crippen LogP contribution is -2.18. The fourth-order valence-corrected chi connectivity index (χ4v) is 5.33. The molecule has 1 atom stereocenters. The van der Waals surface area contributed by atoms with Crippen LogP contribution in [-0.4, -0.2) is 15.9 Å². The predicted octanol–water partition coefficient (Wildman–Crippen LogP) is 9.58. The van der Waals surface area contributed by atoms with Crippen molar-refractivity contribution in [3.8, 4) is 22.9 Å². The number of anilines is 1. The molecule has 0 bridgehead atoms. The molecule has 1 aliphatic heterocycles. The van der Waals surface area contributed by atoms with Gasteiger partial charge in [-0.15, -0.1) is 10.2 Å². The van der Waals surface area contributed by atoms with E-state index in [-0.39, 0.29) is 6.04 Å². The van der Waals surface area contributed by atoms with Gasteiger partial charge in [0, 0.05) is 22.6 Å². The van der Waals surface area contributed by atoms with E-state index in [4.69, 9.17) is 21.1 Å². The summed E-state index contributed by atoms with van der Waals surface area (Å²) in [6.07, 6.45) is 5.03. The summed E-state index contributed by atoms with van der Waals surface area (Å²) in [7, 11) is 0. The van der Waals surface area contributed by atoms with Gasteiger partial charge in [-0.2, -0.15) is 5.10 Å². The zero-order chi connectivity index (χ0) is 29.0. The van der Waals surface area contributed by atoms with Crippen LogP contribution in [0.4, 0.5) is 5.69 Å². The van der Waals surface area contributed by atoms with E-state index in [1.807, 2.05) is 84.9 Å². The van der Waals surface area contributed by atoms with E-state index in [0.29, 0.717) is 11.8 Å². The van der Waals surface area contributed by atoms with Gasteiger partial charge >= 0.3 is 0 Å². The van der Waals surface area contributed by atoms with Crippen LogP contribution in [0, 0.1) is 0 Å². The highest BCUT2D eigenvalue weighted by Crippen LogP contribution is 2.37. The van der Waals surface area contributed by atoms with Crippen molar-refractivity contribution in [3.63, 3.8) is 0 Å². The lowest BCUT2D eigenvalue weighted by molar-refractivity contribution is 0.584. The number of hydrogen-bond donors (Lipinski definition) is 0. The van der Waals surface area contributed by atoms with E-state index in [1.54, 1.807) is 0 Å². The van der Waals surface area contributed by atoms with Crippen molar-refractivity contribution in [1.82, 2.24) is 10.2 Å². The Labute approximate surface area is 255 Å². The number of aromatic nitrogens is 2. The van der Waals surface area contributed by atoms with E-state index in [1.165, 1.54) is 5.56 Å². The number of rotatable bonds is 7.